The summed E-state index contributed by atoms with van der Waals surface area (Å²) in [6.07, 6.45) is 11.7. The van der Waals surface area contributed by atoms with Crippen LogP contribution in [-0.2, 0) is 10.2 Å². The maximum absolute atomic E-state index is 12.6. The maximum Gasteiger partial charge on any atom is 0.329 e. The van der Waals surface area contributed by atoms with Gasteiger partial charge in [0.05, 0.1) is 10.6 Å². The van der Waals surface area contributed by atoms with Crippen molar-refractivity contribution in [1.29, 1.82) is 0 Å². The van der Waals surface area contributed by atoms with Crippen molar-refractivity contribution in [2.75, 3.05) is 26.2 Å². The number of urea groups is 1. The van der Waals surface area contributed by atoms with Crippen LogP contribution in [0.1, 0.15) is 42.5 Å². The van der Waals surface area contributed by atoms with Gasteiger partial charge in [0.25, 0.3) is 5.91 Å². The highest BCUT2D eigenvalue weighted by molar-refractivity contribution is 7.87. The lowest BCUT2D eigenvalue weighted by atomic mass is 9.94. The number of carbonyl (C=O) groups excluding carboxylic acids is 2. The second kappa shape index (κ2) is 10.4. The van der Waals surface area contributed by atoms with E-state index in [4.69, 9.17) is 11.6 Å². The van der Waals surface area contributed by atoms with Crippen LogP contribution in [0, 0.1) is 23.7 Å². The number of piperidine rings is 1. The maximum atomic E-state index is 12.6. The summed E-state index contributed by atoms with van der Waals surface area (Å²) in [5.74, 6) is 1.51. The van der Waals surface area contributed by atoms with Crippen molar-refractivity contribution in [3.63, 3.8) is 0 Å². The first-order valence-electron chi connectivity index (χ1n) is 11.4. The Bertz CT molecular complexity index is 1010. The molecule has 0 spiro atoms. The highest BCUT2D eigenvalue weighted by Crippen LogP contribution is 2.42. The first kappa shape index (κ1) is 24.0. The SMILES string of the molecule is O=C(NC[C@@H]1C[C@@H]2C=C[C@@H]1C2)NS(=O)(=O)N1CCC(CCNC(=O)c2cnccc2Cl)CC1. The normalized spacial score (nSPS) is 25.2. The van der Waals surface area contributed by atoms with Gasteiger partial charge in [-0.2, -0.15) is 12.7 Å². The predicted octanol–water partition coefficient (Wildman–Crippen LogP) is 2.32. The molecule has 1 aromatic heterocycles. The van der Waals surface area contributed by atoms with E-state index in [1.165, 1.54) is 16.7 Å². The van der Waals surface area contributed by atoms with Gasteiger partial charge >= 0.3 is 16.2 Å². The average Bonchev–Trinajstić information content (AvgIpc) is 3.41. The van der Waals surface area contributed by atoms with E-state index in [0.29, 0.717) is 73.3 Å². The van der Waals surface area contributed by atoms with E-state index in [2.05, 4.69) is 32.5 Å². The van der Waals surface area contributed by atoms with Gasteiger partial charge in [-0.3, -0.25) is 9.78 Å². The van der Waals surface area contributed by atoms with Crippen LogP contribution in [0.15, 0.2) is 30.6 Å². The summed E-state index contributed by atoms with van der Waals surface area (Å²) in [7, 11) is -3.87. The molecule has 180 valence electrons. The lowest BCUT2D eigenvalue weighted by molar-refractivity contribution is 0.0949. The molecule has 0 aromatic carbocycles. The number of hydrogen-bond donors (Lipinski definition) is 3. The van der Waals surface area contributed by atoms with Crippen LogP contribution in [0.5, 0.6) is 0 Å². The minimum Gasteiger partial charge on any atom is -0.352 e. The van der Waals surface area contributed by atoms with Gasteiger partial charge in [0, 0.05) is 38.6 Å². The molecule has 1 saturated carbocycles. The first-order chi connectivity index (χ1) is 15.8. The molecule has 9 nitrogen and oxygen atoms in total. The van der Waals surface area contributed by atoms with E-state index in [9.17, 15) is 18.0 Å². The summed E-state index contributed by atoms with van der Waals surface area (Å²) in [6.45, 7) is 1.64. The smallest absolute Gasteiger partial charge is 0.329 e. The van der Waals surface area contributed by atoms with E-state index < -0.39 is 16.2 Å². The molecular weight excluding hydrogens is 466 g/mol. The summed E-state index contributed by atoms with van der Waals surface area (Å²) in [5, 5.41) is 5.91. The summed E-state index contributed by atoms with van der Waals surface area (Å²) in [4.78, 5) is 28.3. The van der Waals surface area contributed by atoms with Gasteiger partial charge < -0.3 is 10.6 Å². The van der Waals surface area contributed by atoms with Gasteiger partial charge in [-0.05, 0) is 61.8 Å². The molecule has 2 fully saturated rings. The number of aromatic nitrogens is 1. The number of pyridine rings is 1. The Morgan fingerprint density at radius 3 is 2.61 bits per heavy atom. The molecule has 3 atom stereocenters. The number of carbonyl (C=O) groups is 2. The van der Waals surface area contributed by atoms with Gasteiger partial charge in [0.1, 0.15) is 0 Å². The lowest BCUT2D eigenvalue weighted by Gasteiger charge is -2.31. The molecule has 3 N–H and O–H groups in total. The van der Waals surface area contributed by atoms with Crippen molar-refractivity contribution in [2.45, 2.75) is 32.1 Å². The predicted molar refractivity (Wildman–Crippen MR) is 125 cm³/mol. The second-order valence-corrected chi connectivity index (χ2v) is 11.2. The first-order valence-corrected chi connectivity index (χ1v) is 13.3. The van der Waals surface area contributed by atoms with E-state index >= 15 is 0 Å². The van der Waals surface area contributed by atoms with Crippen molar-refractivity contribution < 1.29 is 18.0 Å². The molecule has 3 aliphatic rings. The number of rotatable bonds is 8. The Balaban J connectivity index is 1.15. The van der Waals surface area contributed by atoms with E-state index in [1.807, 2.05) is 0 Å². The van der Waals surface area contributed by atoms with Crippen LogP contribution in [0.25, 0.3) is 0 Å². The van der Waals surface area contributed by atoms with Gasteiger partial charge in [-0.15, -0.1) is 0 Å². The zero-order valence-electron chi connectivity index (χ0n) is 18.4. The van der Waals surface area contributed by atoms with Crippen molar-refractivity contribution >= 4 is 33.7 Å². The van der Waals surface area contributed by atoms with E-state index in [1.54, 1.807) is 6.07 Å². The standard InChI is InChI=1S/C22H30ClN5O4S/c23-20-4-7-24-14-19(20)21(29)25-8-3-15-5-9-28(10-6-15)33(31,32)27-22(30)26-13-18-12-16-1-2-17(18)11-16/h1-2,4,7,14-18H,3,5-6,8-13H2,(H,25,29)(H2,26,27,30)/t16-,17-,18+/m1/s1. The molecule has 2 heterocycles. The quantitative estimate of drug-likeness (QED) is 0.478. The molecule has 3 amide bonds. The zero-order chi connectivity index (χ0) is 23.4. The molecule has 33 heavy (non-hydrogen) atoms. The zero-order valence-corrected chi connectivity index (χ0v) is 19.9. The molecule has 2 aliphatic carbocycles. The number of nitrogens with one attached hydrogen (secondary N) is 3. The van der Waals surface area contributed by atoms with Gasteiger partial charge in [0.15, 0.2) is 0 Å². The van der Waals surface area contributed by atoms with Crippen molar-refractivity contribution in [1.82, 2.24) is 24.6 Å². The van der Waals surface area contributed by atoms with Crippen molar-refractivity contribution in [3.05, 3.63) is 41.2 Å². The van der Waals surface area contributed by atoms with Gasteiger partial charge in [0.2, 0.25) is 0 Å². The van der Waals surface area contributed by atoms with Crippen LogP contribution >= 0.6 is 11.6 Å². The minimum atomic E-state index is -3.87. The largest absolute Gasteiger partial charge is 0.352 e. The molecular formula is C22H30ClN5O4S. The highest BCUT2D eigenvalue weighted by Gasteiger charge is 2.36. The summed E-state index contributed by atoms with van der Waals surface area (Å²) >= 11 is 6.01. The number of allylic oxidation sites excluding steroid dienone is 2. The van der Waals surface area contributed by atoms with Crippen LogP contribution in [0.2, 0.25) is 5.02 Å². The number of fused-ring (bicyclic) bond motifs is 2. The van der Waals surface area contributed by atoms with E-state index in [-0.39, 0.29) is 5.91 Å². The van der Waals surface area contributed by atoms with Crippen molar-refractivity contribution in [2.24, 2.45) is 23.7 Å². The number of nitrogens with zero attached hydrogens (tertiary/aromatic N) is 2. The third kappa shape index (κ3) is 6.04. The Hall–Kier alpha value is -2.17. The topological polar surface area (TPSA) is 121 Å². The summed E-state index contributed by atoms with van der Waals surface area (Å²) < 4.78 is 28.6. The van der Waals surface area contributed by atoms with Gasteiger partial charge in [-0.25, -0.2) is 9.52 Å². The third-order valence-corrected chi connectivity index (χ3v) is 8.74. The molecule has 1 aliphatic heterocycles. The van der Waals surface area contributed by atoms with Crippen LogP contribution in [0.3, 0.4) is 0 Å². The Morgan fingerprint density at radius 2 is 1.94 bits per heavy atom. The average molecular weight is 496 g/mol. The van der Waals surface area contributed by atoms with Crippen LogP contribution < -0.4 is 15.4 Å². The van der Waals surface area contributed by atoms with Crippen LogP contribution in [0.4, 0.5) is 4.79 Å². The minimum absolute atomic E-state index is 0.273. The molecule has 4 rings (SSSR count). The summed E-state index contributed by atoms with van der Waals surface area (Å²) in [6, 6.07) is 0.900. The Kier molecular flexibility index (Phi) is 7.55. The highest BCUT2D eigenvalue weighted by atomic mass is 35.5. The molecule has 0 unspecified atom stereocenters. The van der Waals surface area contributed by atoms with Crippen LogP contribution in [-0.4, -0.2) is 55.8 Å². The summed E-state index contributed by atoms with van der Waals surface area (Å²) in [5.41, 5.74) is 0.335. The van der Waals surface area contributed by atoms with Crippen molar-refractivity contribution in [3.8, 4) is 0 Å². The number of halogens is 1. The van der Waals surface area contributed by atoms with E-state index in [0.717, 1.165) is 19.3 Å². The molecule has 2 bridgehead atoms. The second-order valence-electron chi connectivity index (χ2n) is 9.10. The molecule has 11 heteroatoms. The molecule has 1 aromatic rings. The fraction of sp³-hybridized carbons (Fsp3) is 0.591. The molecule has 1 saturated heterocycles. The fourth-order valence-corrected chi connectivity index (χ4v) is 6.36. The fourth-order valence-electron chi connectivity index (χ4n) is 5.04. The molecule has 0 radical (unpaired) electrons. The lowest BCUT2D eigenvalue weighted by Crippen LogP contribution is -2.50. The third-order valence-electron chi connectivity index (χ3n) is 6.93. The Morgan fingerprint density at radius 1 is 1.15 bits per heavy atom. The van der Waals surface area contributed by atoms with Gasteiger partial charge in [-0.1, -0.05) is 23.8 Å². The number of amides is 3. The Labute approximate surface area is 199 Å². The number of hydrogen-bond acceptors (Lipinski definition) is 5. The monoisotopic (exact) mass is 495 g/mol.